The number of carbonyl (C=O) groups is 2. The molecule has 7 heteroatoms. The zero-order valence-electron chi connectivity index (χ0n) is 21.7. The highest BCUT2D eigenvalue weighted by Gasteiger charge is 2.34. The molecule has 1 heterocycles. The lowest BCUT2D eigenvalue weighted by Gasteiger charge is -2.29. The lowest BCUT2D eigenvalue weighted by Crippen LogP contribution is -2.43. The molecule has 1 atom stereocenters. The fraction of sp³-hybridized carbons (Fsp3) is 0.464. The van der Waals surface area contributed by atoms with Crippen LogP contribution in [0, 0.1) is 12.3 Å². The molecule has 0 saturated heterocycles. The van der Waals surface area contributed by atoms with Crippen molar-refractivity contribution in [1.29, 1.82) is 0 Å². The number of aryl methyl sites for hydroxylation is 1. The Hall–Kier alpha value is -3.19. The normalized spacial score (nSPS) is 15.7. The van der Waals surface area contributed by atoms with Crippen LogP contribution in [0.3, 0.4) is 0 Å². The number of ether oxygens (including phenoxy) is 2. The van der Waals surface area contributed by atoms with Crippen molar-refractivity contribution in [3.05, 3.63) is 65.2 Å². The smallest absolute Gasteiger partial charge is 0.262 e. The van der Waals surface area contributed by atoms with Gasteiger partial charge in [0.15, 0.2) is 0 Å². The summed E-state index contributed by atoms with van der Waals surface area (Å²) in [6.45, 7) is 8.75. The predicted octanol–water partition coefficient (Wildman–Crippen LogP) is 4.59. The molecule has 0 radical (unpaired) electrons. The molecule has 2 aromatic carbocycles. The molecule has 0 N–H and O–H groups in total. The number of hydrogen-bond acceptors (Lipinski definition) is 5. The predicted molar refractivity (Wildman–Crippen MR) is 137 cm³/mol. The van der Waals surface area contributed by atoms with Gasteiger partial charge in [-0.3, -0.25) is 9.59 Å². The van der Waals surface area contributed by atoms with Crippen LogP contribution in [-0.2, 0) is 14.3 Å². The van der Waals surface area contributed by atoms with Gasteiger partial charge < -0.3 is 14.4 Å². The molecule has 3 rings (SSSR count). The molecule has 0 aliphatic carbocycles. The van der Waals surface area contributed by atoms with Gasteiger partial charge >= 0.3 is 0 Å². The van der Waals surface area contributed by atoms with Crippen LogP contribution in [0.2, 0.25) is 0 Å². The van der Waals surface area contributed by atoms with Crippen molar-refractivity contribution >= 4 is 17.5 Å². The van der Waals surface area contributed by atoms with Crippen LogP contribution in [0.1, 0.15) is 56.3 Å². The van der Waals surface area contributed by atoms with E-state index in [9.17, 15) is 9.59 Å². The summed E-state index contributed by atoms with van der Waals surface area (Å²) in [5.41, 5.74) is 3.71. The van der Waals surface area contributed by atoms with Crippen molar-refractivity contribution in [3.8, 4) is 5.75 Å². The van der Waals surface area contributed by atoms with E-state index in [-0.39, 0.29) is 29.8 Å². The molecule has 0 aromatic heterocycles. The van der Waals surface area contributed by atoms with Crippen molar-refractivity contribution in [2.24, 2.45) is 10.5 Å². The van der Waals surface area contributed by atoms with Crippen molar-refractivity contribution in [1.82, 2.24) is 9.91 Å². The van der Waals surface area contributed by atoms with Gasteiger partial charge in [0.2, 0.25) is 5.91 Å². The van der Waals surface area contributed by atoms with Crippen molar-refractivity contribution in [2.75, 3.05) is 33.9 Å². The average Bonchev–Trinajstić information content (AvgIpc) is 3.26. The largest absolute Gasteiger partial charge is 0.497 e. The summed E-state index contributed by atoms with van der Waals surface area (Å²) < 4.78 is 10.6. The van der Waals surface area contributed by atoms with Crippen LogP contribution in [0.5, 0.6) is 5.75 Å². The number of methoxy groups -OCH3 is 2. The van der Waals surface area contributed by atoms with Crippen LogP contribution in [0.15, 0.2) is 53.6 Å². The van der Waals surface area contributed by atoms with E-state index in [1.165, 1.54) is 0 Å². The summed E-state index contributed by atoms with van der Waals surface area (Å²) in [5, 5.41) is 6.30. The van der Waals surface area contributed by atoms with Crippen LogP contribution < -0.4 is 4.74 Å². The third kappa shape index (κ3) is 7.15. The highest BCUT2D eigenvalue weighted by atomic mass is 16.5. The SMILES string of the molecule is COCCN(CC(=O)N1N=C(c2cccc(OC)c2)CC1c1ccc(C)cc1)C(=O)CC(C)(C)C. The minimum absolute atomic E-state index is 0.0461. The molecule has 0 spiro atoms. The molecular formula is C28H37N3O4. The first-order valence-corrected chi connectivity index (χ1v) is 12.0. The van der Waals surface area contributed by atoms with Crippen LogP contribution in [0.25, 0.3) is 0 Å². The average molecular weight is 480 g/mol. The number of rotatable bonds is 9. The first kappa shape index (κ1) is 26.4. The van der Waals surface area contributed by atoms with Gasteiger partial charge in [-0.05, 0) is 30.0 Å². The van der Waals surface area contributed by atoms with Crippen molar-refractivity contribution < 1.29 is 19.1 Å². The molecule has 1 unspecified atom stereocenters. The third-order valence-electron chi connectivity index (χ3n) is 5.96. The fourth-order valence-corrected chi connectivity index (χ4v) is 4.06. The maximum atomic E-state index is 13.6. The molecule has 1 aliphatic heterocycles. The van der Waals surface area contributed by atoms with E-state index < -0.39 is 0 Å². The fourth-order valence-electron chi connectivity index (χ4n) is 4.06. The van der Waals surface area contributed by atoms with Gasteiger partial charge in [0.05, 0.1) is 25.5 Å². The summed E-state index contributed by atoms with van der Waals surface area (Å²) in [7, 11) is 3.22. The Morgan fingerprint density at radius 3 is 2.46 bits per heavy atom. The third-order valence-corrected chi connectivity index (χ3v) is 5.96. The molecule has 35 heavy (non-hydrogen) atoms. The Morgan fingerprint density at radius 2 is 1.83 bits per heavy atom. The number of carbonyl (C=O) groups excluding carboxylic acids is 2. The minimum atomic E-state index is -0.244. The maximum absolute atomic E-state index is 13.6. The van der Waals surface area contributed by atoms with E-state index in [1.54, 1.807) is 24.1 Å². The van der Waals surface area contributed by atoms with Crippen LogP contribution in [0.4, 0.5) is 0 Å². The lowest BCUT2D eigenvalue weighted by atomic mass is 9.91. The zero-order valence-corrected chi connectivity index (χ0v) is 21.7. The Balaban J connectivity index is 1.90. The number of hydrazone groups is 1. The summed E-state index contributed by atoms with van der Waals surface area (Å²) >= 11 is 0. The van der Waals surface area contributed by atoms with Gasteiger partial charge in [0.1, 0.15) is 12.3 Å². The van der Waals surface area contributed by atoms with E-state index in [0.717, 1.165) is 28.2 Å². The lowest BCUT2D eigenvalue weighted by molar-refractivity contribution is -0.143. The number of nitrogens with zero attached hydrogens (tertiary/aromatic N) is 3. The maximum Gasteiger partial charge on any atom is 0.262 e. The van der Waals surface area contributed by atoms with E-state index >= 15 is 0 Å². The molecule has 0 fully saturated rings. The van der Waals surface area contributed by atoms with Crippen molar-refractivity contribution in [2.45, 2.75) is 46.6 Å². The second-order valence-corrected chi connectivity index (χ2v) is 10.2. The molecule has 188 valence electrons. The van der Waals surface area contributed by atoms with E-state index in [0.29, 0.717) is 26.0 Å². The van der Waals surface area contributed by atoms with E-state index in [2.05, 4.69) is 0 Å². The first-order chi connectivity index (χ1) is 16.6. The van der Waals surface area contributed by atoms with E-state index in [4.69, 9.17) is 14.6 Å². The van der Waals surface area contributed by atoms with Gasteiger partial charge in [0, 0.05) is 32.1 Å². The van der Waals surface area contributed by atoms with Crippen LogP contribution in [-0.4, -0.2) is 61.4 Å². The summed E-state index contributed by atoms with van der Waals surface area (Å²) in [6, 6.07) is 15.6. The van der Waals surface area contributed by atoms with Gasteiger partial charge in [-0.2, -0.15) is 5.10 Å². The molecule has 2 aromatic rings. The van der Waals surface area contributed by atoms with Gasteiger partial charge in [0.25, 0.3) is 5.91 Å². The highest BCUT2D eigenvalue weighted by molar-refractivity contribution is 6.03. The standard InChI is InChI=1S/C28H37N3O4/c1-20-10-12-21(13-11-20)25-17-24(22-8-7-9-23(16-22)35-6)29-31(25)27(33)19-30(14-15-34-5)26(32)18-28(2,3)4/h7-13,16,25H,14-15,17-19H2,1-6H3. The van der Waals surface area contributed by atoms with E-state index in [1.807, 2.05) is 76.2 Å². The Bertz CT molecular complexity index is 1060. The zero-order chi connectivity index (χ0) is 25.6. The van der Waals surface area contributed by atoms with Gasteiger partial charge in [-0.15, -0.1) is 0 Å². The second-order valence-electron chi connectivity index (χ2n) is 10.2. The number of amides is 2. The summed E-state index contributed by atoms with van der Waals surface area (Å²) in [4.78, 5) is 28.2. The monoisotopic (exact) mass is 479 g/mol. The molecule has 0 bridgehead atoms. The first-order valence-electron chi connectivity index (χ1n) is 12.0. The summed E-state index contributed by atoms with van der Waals surface area (Å²) in [6.07, 6.45) is 0.930. The number of hydrogen-bond donors (Lipinski definition) is 0. The molecule has 1 aliphatic rings. The minimum Gasteiger partial charge on any atom is -0.497 e. The van der Waals surface area contributed by atoms with Gasteiger partial charge in [-0.1, -0.05) is 62.7 Å². The number of benzene rings is 2. The van der Waals surface area contributed by atoms with Crippen molar-refractivity contribution in [3.63, 3.8) is 0 Å². The second kappa shape index (κ2) is 11.5. The molecule has 7 nitrogen and oxygen atoms in total. The molecule has 0 saturated carbocycles. The Kier molecular flexibility index (Phi) is 8.67. The molecule has 2 amide bonds. The molecular weight excluding hydrogens is 442 g/mol. The van der Waals surface area contributed by atoms with Gasteiger partial charge in [-0.25, -0.2) is 5.01 Å². The Morgan fingerprint density at radius 1 is 1.11 bits per heavy atom. The topological polar surface area (TPSA) is 71.4 Å². The highest BCUT2D eigenvalue weighted by Crippen LogP contribution is 2.34. The van der Waals surface area contributed by atoms with Crippen LogP contribution >= 0.6 is 0 Å². The Labute approximate surface area is 208 Å². The summed E-state index contributed by atoms with van der Waals surface area (Å²) in [5.74, 6) is 0.457. The quantitative estimate of drug-likeness (QED) is 0.527.